The number of benzene rings is 1. The summed E-state index contributed by atoms with van der Waals surface area (Å²) in [5.74, 6) is 0. The summed E-state index contributed by atoms with van der Waals surface area (Å²) >= 11 is 0. The van der Waals surface area contributed by atoms with Gasteiger partial charge in [-0.05, 0) is 30.2 Å². The van der Waals surface area contributed by atoms with E-state index in [0.717, 1.165) is 12.0 Å². The van der Waals surface area contributed by atoms with E-state index in [1.807, 2.05) is 20.2 Å². The van der Waals surface area contributed by atoms with E-state index in [-0.39, 0.29) is 6.03 Å². The highest BCUT2D eigenvalue weighted by molar-refractivity contribution is 5.73. The molecule has 2 N–H and O–H groups in total. The summed E-state index contributed by atoms with van der Waals surface area (Å²) in [5.41, 5.74) is 3.32. The Labute approximate surface area is 124 Å². The van der Waals surface area contributed by atoms with E-state index in [0.29, 0.717) is 13.1 Å². The van der Waals surface area contributed by atoms with Crippen LogP contribution in [0.4, 0.5) is 10.5 Å². The number of furan rings is 1. The Morgan fingerprint density at radius 1 is 1.10 bits per heavy atom. The maximum Gasteiger partial charge on any atom is 0.315 e. The molecule has 0 saturated carbocycles. The van der Waals surface area contributed by atoms with Gasteiger partial charge in [0.2, 0.25) is 0 Å². The third-order valence-electron chi connectivity index (χ3n) is 3.19. The van der Waals surface area contributed by atoms with Gasteiger partial charge in [0.15, 0.2) is 0 Å². The minimum Gasteiger partial charge on any atom is -0.472 e. The third kappa shape index (κ3) is 4.87. The van der Waals surface area contributed by atoms with Gasteiger partial charge in [-0.1, -0.05) is 12.1 Å². The highest BCUT2D eigenvalue weighted by atomic mass is 16.3. The van der Waals surface area contributed by atoms with Crippen LogP contribution in [0.3, 0.4) is 0 Å². The van der Waals surface area contributed by atoms with Gasteiger partial charge in [-0.15, -0.1) is 0 Å². The average Bonchev–Trinajstić information content (AvgIpc) is 2.99. The molecule has 2 amide bonds. The second kappa shape index (κ2) is 7.38. The van der Waals surface area contributed by atoms with Gasteiger partial charge in [-0.25, -0.2) is 4.79 Å². The third-order valence-corrected chi connectivity index (χ3v) is 3.19. The highest BCUT2D eigenvalue weighted by Gasteiger charge is 2.01. The standard InChI is InChI=1S/C16H21N3O2/c1-19(2)15-5-3-13(4-6-15)7-9-17-16(20)18-11-14-8-10-21-12-14/h3-6,8,10,12H,7,9,11H2,1-2H3,(H2,17,18,20). The first kappa shape index (κ1) is 15.0. The Morgan fingerprint density at radius 3 is 2.48 bits per heavy atom. The van der Waals surface area contributed by atoms with E-state index < -0.39 is 0 Å². The Bertz CT molecular complexity index is 547. The van der Waals surface area contributed by atoms with Crippen molar-refractivity contribution in [2.75, 3.05) is 25.5 Å². The zero-order valence-corrected chi connectivity index (χ0v) is 12.4. The van der Waals surface area contributed by atoms with E-state index in [2.05, 4.69) is 39.8 Å². The molecule has 1 aromatic carbocycles. The zero-order valence-electron chi connectivity index (χ0n) is 12.4. The molecule has 0 saturated heterocycles. The molecule has 1 aromatic heterocycles. The van der Waals surface area contributed by atoms with Crippen LogP contribution in [0, 0.1) is 0 Å². The molecule has 0 atom stereocenters. The van der Waals surface area contributed by atoms with Gasteiger partial charge in [0.25, 0.3) is 0 Å². The van der Waals surface area contributed by atoms with E-state index in [9.17, 15) is 4.79 Å². The molecule has 0 bridgehead atoms. The second-order valence-corrected chi connectivity index (χ2v) is 5.05. The molecule has 112 valence electrons. The molecule has 2 aromatic rings. The molecule has 0 aliphatic carbocycles. The number of carbonyl (C=O) groups excluding carboxylic acids is 1. The Hall–Kier alpha value is -2.43. The average molecular weight is 287 g/mol. The van der Waals surface area contributed by atoms with Crippen LogP contribution in [-0.2, 0) is 13.0 Å². The molecular formula is C16H21N3O2. The summed E-state index contributed by atoms with van der Waals surface area (Å²) < 4.78 is 4.94. The Balaban J connectivity index is 1.67. The molecule has 0 aliphatic heterocycles. The summed E-state index contributed by atoms with van der Waals surface area (Å²) in [4.78, 5) is 13.7. The van der Waals surface area contributed by atoms with Crippen LogP contribution in [0.5, 0.6) is 0 Å². The van der Waals surface area contributed by atoms with Crippen LogP contribution in [-0.4, -0.2) is 26.7 Å². The van der Waals surface area contributed by atoms with Crippen molar-refractivity contribution in [3.63, 3.8) is 0 Å². The summed E-state index contributed by atoms with van der Waals surface area (Å²) in [6.07, 6.45) is 4.02. The molecule has 5 nitrogen and oxygen atoms in total. The van der Waals surface area contributed by atoms with E-state index in [1.54, 1.807) is 12.5 Å². The lowest BCUT2D eigenvalue weighted by Crippen LogP contribution is -2.36. The number of amides is 2. The smallest absolute Gasteiger partial charge is 0.315 e. The van der Waals surface area contributed by atoms with Gasteiger partial charge >= 0.3 is 6.03 Å². The minimum atomic E-state index is -0.166. The molecule has 5 heteroatoms. The van der Waals surface area contributed by atoms with Crippen LogP contribution in [0.2, 0.25) is 0 Å². The van der Waals surface area contributed by atoms with Crippen molar-refractivity contribution in [3.8, 4) is 0 Å². The molecule has 0 fully saturated rings. The van der Waals surface area contributed by atoms with Crippen molar-refractivity contribution in [3.05, 3.63) is 54.0 Å². The molecule has 0 spiro atoms. The first-order chi connectivity index (χ1) is 10.1. The van der Waals surface area contributed by atoms with Crippen LogP contribution in [0.1, 0.15) is 11.1 Å². The number of rotatable bonds is 6. The fourth-order valence-electron chi connectivity index (χ4n) is 1.92. The lowest BCUT2D eigenvalue weighted by atomic mass is 10.1. The first-order valence-corrected chi connectivity index (χ1v) is 6.94. The summed E-state index contributed by atoms with van der Waals surface area (Å²) in [5, 5.41) is 5.62. The second-order valence-electron chi connectivity index (χ2n) is 5.05. The van der Waals surface area contributed by atoms with Crippen molar-refractivity contribution >= 4 is 11.7 Å². The van der Waals surface area contributed by atoms with E-state index in [1.165, 1.54) is 11.3 Å². The lowest BCUT2D eigenvalue weighted by Gasteiger charge is -2.12. The first-order valence-electron chi connectivity index (χ1n) is 6.94. The van der Waals surface area contributed by atoms with Crippen LogP contribution in [0.25, 0.3) is 0 Å². The fourth-order valence-corrected chi connectivity index (χ4v) is 1.92. The highest BCUT2D eigenvalue weighted by Crippen LogP contribution is 2.12. The molecule has 21 heavy (non-hydrogen) atoms. The molecule has 2 rings (SSSR count). The van der Waals surface area contributed by atoms with Crippen molar-refractivity contribution in [2.24, 2.45) is 0 Å². The number of anilines is 1. The summed E-state index contributed by atoms with van der Waals surface area (Å²) in [6, 6.07) is 9.98. The molecule has 1 heterocycles. The number of carbonyl (C=O) groups is 1. The number of urea groups is 1. The monoisotopic (exact) mass is 287 g/mol. The molecule has 0 unspecified atom stereocenters. The normalized spacial score (nSPS) is 10.2. The lowest BCUT2D eigenvalue weighted by molar-refractivity contribution is 0.240. The molecular weight excluding hydrogens is 266 g/mol. The van der Waals surface area contributed by atoms with Crippen molar-refractivity contribution in [2.45, 2.75) is 13.0 Å². The van der Waals surface area contributed by atoms with Gasteiger partial charge in [-0.3, -0.25) is 0 Å². The SMILES string of the molecule is CN(C)c1ccc(CCNC(=O)NCc2ccoc2)cc1. The van der Waals surface area contributed by atoms with E-state index in [4.69, 9.17) is 4.42 Å². The molecule has 0 radical (unpaired) electrons. The topological polar surface area (TPSA) is 57.5 Å². The van der Waals surface area contributed by atoms with Crippen molar-refractivity contribution in [1.29, 1.82) is 0 Å². The van der Waals surface area contributed by atoms with Crippen LogP contribution < -0.4 is 15.5 Å². The number of nitrogens with zero attached hydrogens (tertiary/aromatic N) is 1. The van der Waals surface area contributed by atoms with Crippen molar-refractivity contribution < 1.29 is 9.21 Å². The summed E-state index contributed by atoms with van der Waals surface area (Å²) in [7, 11) is 4.03. The number of hydrogen-bond donors (Lipinski definition) is 2. The molecule has 0 aliphatic rings. The van der Waals surface area contributed by atoms with Crippen LogP contribution in [0.15, 0.2) is 47.3 Å². The predicted molar refractivity (Wildman–Crippen MR) is 83.4 cm³/mol. The Kier molecular flexibility index (Phi) is 5.26. The number of nitrogens with one attached hydrogen (secondary N) is 2. The van der Waals surface area contributed by atoms with Gasteiger partial charge in [-0.2, -0.15) is 0 Å². The van der Waals surface area contributed by atoms with E-state index >= 15 is 0 Å². The van der Waals surface area contributed by atoms with Crippen molar-refractivity contribution in [1.82, 2.24) is 10.6 Å². The predicted octanol–water partition coefficient (Wildman–Crippen LogP) is 2.39. The maximum absolute atomic E-state index is 11.6. The fraction of sp³-hybridized carbons (Fsp3) is 0.312. The van der Waals surface area contributed by atoms with Crippen LogP contribution >= 0.6 is 0 Å². The number of hydrogen-bond acceptors (Lipinski definition) is 3. The summed E-state index contributed by atoms with van der Waals surface area (Å²) in [6.45, 7) is 1.08. The zero-order chi connectivity index (χ0) is 15.1. The Morgan fingerprint density at radius 2 is 1.86 bits per heavy atom. The quantitative estimate of drug-likeness (QED) is 0.857. The minimum absolute atomic E-state index is 0.166. The van der Waals surface area contributed by atoms with Gasteiger partial charge in [0, 0.05) is 38.4 Å². The van der Waals surface area contributed by atoms with Gasteiger partial charge < -0.3 is 20.0 Å². The largest absolute Gasteiger partial charge is 0.472 e. The maximum atomic E-state index is 11.6. The van der Waals surface area contributed by atoms with Gasteiger partial charge in [0.1, 0.15) is 0 Å². The van der Waals surface area contributed by atoms with Gasteiger partial charge in [0.05, 0.1) is 12.5 Å².